The van der Waals surface area contributed by atoms with Crippen molar-refractivity contribution in [3.63, 3.8) is 0 Å². The lowest BCUT2D eigenvalue weighted by Crippen LogP contribution is -2.01. The molecule has 0 N–H and O–H groups in total. The Kier molecular flexibility index (Phi) is 3.09. The number of nitrogens with zero attached hydrogens (tertiary/aromatic N) is 2. The molecule has 3 heteroatoms. The number of hydrogen-bond donors (Lipinski definition) is 0. The van der Waals surface area contributed by atoms with E-state index in [1.165, 1.54) is 12.5 Å². The van der Waals surface area contributed by atoms with Gasteiger partial charge in [-0.15, -0.1) is 0 Å². The van der Waals surface area contributed by atoms with E-state index in [1.807, 2.05) is 25.4 Å². The van der Waals surface area contributed by atoms with Gasteiger partial charge in [-0.1, -0.05) is 31.2 Å². The quantitative estimate of drug-likeness (QED) is 0.757. The lowest BCUT2D eigenvalue weighted by Gasteiger charge is -1.98. The fourth-order valence-corrected chi connectivity index (χ4v) is 1.84. The molecule has 0 aliphatic heterocycles. The van der Waals surface area contributed by atoms with Crippen LogP contribution in [0.1, 0.15) is 30.0 Å². The molecule has 0 radical (unpaired) electrons. The first-order chi connectivity index (χ1) is 8.11. The summed E-state index contributed by atoms with van der Waals surface area (Å²) < 4.78 is 1.77. The van der Waals surface area contributed by atoms with Gasteiger partial charge in [-0.05, 0) is 12.0 Å². The molecule has 0 saturated heterocycles. The molecule has 0 unspecified atom stereocenters. The number of imidazole rings is 1. The third-order valence-electron chi connectivity index (χ3n) is 2.85. The molecule has 2 rings (SSSR count). The van der Waals surface area contributed by atoms with Crippen molar-refractivity contribution in [2.45, 2.75) is 20.3 Å². The van der Waals surface area contributed by atoms with Crippen LogP contribution in [-0.2, 0) is 13.5 Å². The van der Waals surface area contributed by atoms with Crippen LogP contribution in [0, 0.1) is 0 Å². The SMILES string of the molecule is CCc1ccc(-c2cn(C)c(C(C)=O)n2)cc1. The topological polar surface area (TPSA) is 34.9 Å². The van der Waals surface area contributed by atoms with Crippen LogP contribution in [-0.4, -0.2) is 15.3 Å². The molecule has 0 saturated carbocycles. The number of hydrogen-bond acceptors (Lipinski definition) is 2. The number of aromatic nitrogens is 2. The average molecular weight is 228 g/mol. The minimum Gasteiger partial charge on any atom is -0.331 e. The Hall–Kier alpha value is -1.90. The minimum absolute atomic E-state index is 0.0103. The Labute approximate surface area is 101 Å². The molecule has 1 aromatic carbocycles. The largest absolute Gasteiger partial charge is 0.331 e. The second-order valence-electron chi connectivity index (χ2n) is 4.17. The summed E-state index contributed by atoms with van der Waals surface area (Å²) in [4.78, 5) is 15.7. The normalized spacial score (nSPS) is 10.5. The zero-order valence-electron chi connectivity index (χ0n) is 10.4. The number of carbonyl (C=O) groups excluding carboxylic acids is 1. The molecule has 17 heavy (non-hydrogen) atoms. The molecule has 1 aromatic heterocycles. The highest BCUT2D eigenvalue weighted by atomic mass is 16.1. The Morgan fingerprint density at radius 3 is 2.41 bits per heavy atom. The van der Waals surface area contributed by atoms with Crippen LogP contribution in [0.5, 0.6) is 0 Å². The first kappa shape index (κ1) is 11.6. The summed E-state index contributed by atoms with van der Waals surface area (Å²) in [5, 5.41) is 0. The number of aryl methyl sites for hydroxylation is 2. The Bertz CT molecular complexity index is 538. The van der Waals surface area contributed by atoms with E-state index in [2.05, 4.69) is 24.0 Å². The van der Waals surface area contributed by atoms with E-state index in [4.69, 9.17) is 0 Å². The predicted molar refractivity (Wildman–Crippen MR) is 68.0 cm³/mol. The lowest BCUT2D eigenvalue weighted by molar-refractivity contribution is 0.100. The van der Waals surface area contributed by atoms with Gasteiger partial charge in [0.25, 0.3) is 0 Å². The number of benzene rings is 1. The molecular formula is C14H16N2O. The number of carbonyl (C=O) groups is 1. The molecule has 0 spiro atoms. The Morgan fingerprint density at radius 1 is 1.29 bits per heavy atom. The standard InChI is InChI=1S/C14H16N2O/c1-4-11-5-7-12(8-6-11)13-9-16(3)14(15-13)10(2)17/h5-9H,4H2,1-3H3. The zero-order chi connectivity index (χ0) is 12.4. The fourth-order valence-electron chi connectivity index (χ4n) is 1.84. The molecule has 0 atom stereocenters. The highest BCUT2D eigenvalue weighted by molar-refractivity contribution is 5.91. The molecule has 2 aromatic rings. The highest BCUT2D eigenvalue weighted by Gasteiger charge is 2.10. The van der Waals surface area contributed by atoms with Crippen molar-refractivity contribution in [3.05, 3.63) is 41.9 Å². The maximum absolute atomic E-state index is 11.3. The van der Waals surface area contributed by atoms with E-state index in [0.717, 1.165) is 17.7 Å². The second kappa shape index (κ2) is 4.53. The molecule has 1 heterocycles. The van der Waals surface area contributed by atoms with Gasteiger partial charge in [-0.25, -0.2) is 4.98 Å². The molecular weight excluding hydrogens is 212 g/mol. The van der Waals surface area contributed by atoms with Crippen molar-refractivity contribution < 1.29 is 4.79 Å². The van der Waals surface area contributed by atoms with Crippen LogP contribution in [0.2, 0.25) is 0 Å². The summed E-state index contributed by atoms with van der Waals surface area (Å²) in [6.07, 6.45) is 2.92. The summed E-state index contributed by atoms with van der Waals surface area (Å²) in [7, 11) is 1.84. The smallest absolute Gasteiger partial charge is 0.195 e. The van der Waals surface area contributed by atoms with Gasteiger partial charge in [0, 0.05) is 25.7 Å². The third kappa shape index (κ3) is 2.28. The fraction of sp³-hybridized carbons (Fsp3) is 0.286. The summed E-state index contributed by atoms with van der Waals surface area (Å²) in [6, 6.07) is 8.28. The van der Waals surface area contributed by atoms with Crippen LogP contribution in [0.15, 0.2) is 30.5 Å². The van der Waals surface area contributed by atoms with Gasteiger partial charge in [-0.2, -0.15) is 0 Å². The maximum Gasteiger partial charge on any atom is 0.195 e. The summed E-state index contributed by atoms with van der Waals surface area (Å²) in [5.74, 6) is 0.489. The third-order valence-corrected chi connectivity index (χ3v) is 2.85. The van der Waals surface area contributed by atoms with E-state index in [-0.39, 0.29) is 5.78 Å². The molecule has 0 aliphatic rings. The Morgan fingerprint density at radius 2 is 1.94 bits per heavy atom. The maximum atomic E-state index is 11.3. The van der Waals surface area contributed by atoms with Gasteiger partial charge >= 0.3 is 0 Å². The van der Waals surface area contributed by atoms with Gasteiger partial charge in [0.15, 0.2) is 11.6 Å². The summed E-state index contributed by atoms with van der Waals surface area (Å²) in [5.41, 5.74) is 3.20. The zero-order valence-corrected chi connectivity index (χ0v) is 10.4. The van der Waals surface area contributed by atoms with Crippen LogP contribution >= 0.6 is 0 Å². The van der Waals surface area contributed by atoms with Gasteiger partial charge in [-0.3, -0.25) is 4.79 Å². The van der Waals surface area contributed by atoms with Gasteiger partial charge in [0.1, 0.15) is 0 Å². The molecule has 0 fully saturated rings. The Balaban J connectivity index is 2.39. The van der Waals surface area contributed by atoms with Crippen molar-refractivity contribution in [1.82, 2.24) is 9.55 Å². The van der Waals surface area contributed by atoms with Crippen molar-refractivity contribution in [2.75, 3.05) is 0 Å². The molecule has 0 bridgehead atoms. The van der Waals surface area contributed by atoms with E-state index < -0.39 is 0 Å². The lowest BCUT2D eigenvalue weighted by atomic mass is 10.1. The van der Waals surface area contributed by atoms with Crippen molar-refractivity contribution in [2.24, 2.45) is 7.05 Å². The van der Waals surface area contributed by atoms with E-state index >= 15 is 0 Å². The number of Topliss-reactive ketones (excluding diaryl/α,β-unsaturated/α-hetero) is 1. The number of ketones is 1. The summed E-state index contributed by atoms with van der Waals surface area (Å²) >= 11 is 0. The molecule has 0 aliphatic carbocycles. The van der Waals surface area contributed by atoms with E-state index in [9.17, 15) is 4.79 Å². The average Bonchev–Trinajstić information content (AvgIpc) is 2.71. The van der Waals surface area contributed by atoms with Gasteiger partial charge < -0.3 is 4.57 Å². The first-order valence-electron chi connectivity index (χ1n) is 5.75. The van der Waals surface area contributed by atoms with Crippen LogP contribution in [0.4, 0.5) is 0 Å². The molecule has 88 valence electrons. The molecule has 0 amide bonds. The summed E-state index contributed by atoms with van der Waals surface area (Å²) in [6.45, 7) is 3.66. The number of rotatable bonds is 3. The van der Waals surface area contributed by atoms with Gasteiger partial charge in [0.05, 0.1) is 5.69 Å². The van der Waals surface area contributed by atoms with Crippen molar-refractivity contribution >= 4 is 5.78 Å². The van der Waals surface area contributed by atoms with Crippen molar-refractivity contribution in [3.8, 4) is 11.3 Å². The minimum atomic E-state index is -0.0103. The second-order valence-corrected chi connectivity index (χ2v) is 4.17. The van der Waals surface area contributed by atoms with E-state index in [0.29, 0.717) is 5.82 Å². The van der Waals surface area contributed by atoms with E-state index in [1.54, 1.807) is 4.57 Å². The monoisotopic (exact) mass is 228 g/mol. The highest BCUT2D eigenvalue weighted by Crippen LogP contribution is 2.19. The van der Waals surface area contributed by atoms with Crippen LogP contribution in [0.25, 0.3) is 11.3 Å². The molecule has 3 nitrogen and oxygen atoms in total. The van der Waals surface area contributed by atoms with Crippen LogP contribution in [0.3, 0.4) is 0 Å². The van der Waals surface area contributed by atoms with Crippen molar-refractivity contribution in [1.29, 1.82) is 0 Å². The first-order valence-corrected chi connectivity index (χ1v) is 5.75. The predicted octanol–water partition coefficient (Wildman–Crippen LogP) is 2.85. The van der Waals surface area contributed by atoms with Crippen LogP contribution < -0.4 is 0 Å². The van der Waals surface area contributed by atoms with Gasteiger partial charge in [0.2, 0.25) is 0 Å².